The third-order valence-electron chi connectivity index (χ3n) is 3.08. The molecule has 6 nitrogen and oxygen atoms in total. The van der Waals surface area contributed by atoms with Crippen LogP contribution in [0.4, 0.5) is 5.69 Å². The number of hydrogen-bond acceptors (Lipinski definition) is 5. The summed E-state index contributed by atoms with van der Waals surface area (Å²) in [5.41, 5.74) is 0.641. The molecule has 0 fully saturated rings. The van der Waals surface area contributed by atoms with Crippen molar-refractivity contribution in [1.29, 1.82) is 0 Å². The molecule has 1 amide bonds. The number of ether oxygens (including phenoxy) is 1. The van der Waals surface area contributed by atoms with E-state index < -0.39 is 0 Å². The quantitative estimate of drug-likeness (QED) is 0.757. The molecule has 3 rings (SSSR count). The van der Waals surface area contributed by atoms with Crippen molar-refractivity contribution >= 4 is 23.2 Å². The van der Waals surface area contributed by atoms with Gasteiger partial charge in [0, 0.05) is 12.6 Å². The highest BCUT2D eigenvalue weighted by Gasteiger charge is 2.10. The number of anilines is 1. The van der Waals surface area contributed by atoms with Crippen molar-refractivity contribution in [3.05, 3.63) is 65.3 Å². The van der Waals surface area contributed by atoms with E-state index in [-0.39, 0.29) is 18.2 Å². The number of nitrogens with one attached hydrogen (secondary N) is 1. The normalized spacial score (nSPS) is 10.4. The van der Waals surface area contributed by atoms with E-state index in [1.54, 1.807) is 43.3 Å². The Balaban J connectivity index is 1.60. The van der Waals surface area contributed by atoms with Gasteiger partial charge in [0.1, 0.15) is 17.9 Å². The minimum Gasteiger partial charge on any atom is -0.456 e. The summed E-state index contributed by atoms with van der Waals surface area (Å²) in [5.74, 6) is 1.66. The molecule has 1 heterocycles. The Morgan fingerprint density at radius 3 is 2.58 bits per heavy atom. The first-order chi connectivity index (χ1) is 11.6. The Morgan fingerprint density at radius 2 is 1.92 bits per heavy atom. The smallest absolute Gasteiger partial charge is 0.233 e. The molecule has 0 saturated heterocycles. The maximum Gasteiger partial charge on any atom is 0.233 e. The number of benzene rings is 2. The number of amides is 1. The highest BCUT2D eigenvalue weighted by atomic mass is 35.5. The summed E-state index contributed by atoms with van der Waals surface area (Å²) >= 11 is 6.05. The van der Waals surface area contributed by atoms with Crippen LogP contribution in [0.1, 0.15) is 11.8 Å². The van der Waals surface area contributed by atoms with Crippen LogP contribution in [-0.2, 0) is 11.2 Å². The fourth-order valence-electron chi connectivity index (χ4n) is 2.01. The second-order valence-electron chi connectivity index (χ2n) is 5.00. The molecule has 0 aliphatic heterocycles. The van der Waals surface area contributed by atoms with Crippen molar-refractivity contribution in [3.63, 3.8) is 0 Å². The van der Waals surface area contributed by atoms with E-state index in [1.807, 2.05) is 12.1 Å². The van der Waals surface area contributed by atoms with Gasteiger partial charge in [-0.1, -0.05) is 23.7 Å². The number of nitrogens with zero attached hydrogens (tertiary/aromatic N) is 2. The van der Waals surface area contributed by atoms with Crippen LogP contribution in [0.15, 0.2) is 52.9 Å². The number of halogens is 1. The standard InChI is InChI=1S/C17H14ClN3O3/c1-11-20-21-17(23-11)10-16(22)19-12-6-8-13(9-7-12)24-15-5-3-2-4-14(15)18/h2-9H,10H2,1H3,(H,19,22). The molecule has 24 heavy (non-hydrogen) atoms. The number of carbonyl (C=O) groups is 1. The fraction of sp³-hybridized carbons (Fsp3) is 0.118. The number of aromatic nitrogens is 2. The summed E-state index contributed by atoms with van der Waals surface area (Å²) < 4.78 is 10.9. The van der Waals surface area contributed by atoms with Crippen molar-refractivity contribution in [3.8, 4) is 11.5 Å². The van der Waals surface area contributed by atoms with Crippen LogP contribution < -0.4 is 10.1 Å². The first-order valence-corrected chi connectivity index (χ1v) is 7.59. The number of rotatable bonds is 5. The van der Waals surface area contributed by atoms with Gasteiger partial charge in [-0.15, -0.1) is 10.2 Å². The summed E-state index contributed by atoms with van der Waals surface area (Å²) in [5, 5.41) is 10.8. The Kier molecular flexibility index (Phi) is 4.77. The molecule has 3 aromatic rings. The second kappa shape index (κ2) is 7.14. The summed E-state index contributed by atoms with van der Waals surface area (Å²) in [6.45, 7) is 1.67. The summed E-state index contributed by atoms with van der Waals surface area (Å²) in [4.78, 5) is 11.9. The minimum atomic E-state index is -0.238. The number of para-hydroxylation sites is 1. The lowest BCUT2D eigenvalue weighted by Gasteiger charge is -2.08. The molecule has 122 valence electrons. The van der Waals surface area contributed by atoms with Crippen molar-refractivity contribution < 1.29 is 13.9 Å². The van der Waals surface area contributed by atoms with Crippen LogP contribution in [-0.4, -0.2) is 16.1 Å². The van der Waals surface area contributed by atoms with Crippen molar-refractivity contribution in [2.75, 3.05) is 5.32 Å². The molecule has 0 aliphatic carbocycles. The molecular weight excluding hydrogens is 330 g/mol. The Hall–Kier alpha value is -2.86. The zero-order valence-corrected chi connectivity index (χ0v) is 13.6. The predicted octanol–water partition coefficient (Wildman–Crippen LogP) is 4.00. The van der Waals surface area contributed by atoms with Gasteiger partial charge in [-0.2, -0.15) is 0 Å². The van der Waals surface area contributed by atoms with Gasteiger partial charge in [-0.3, -0.25) is 4.79 Å². The zero-order valence-electron chi connectivity index (χ0n) is 12.8. The van der Waals surface area contributed by atoms with E-state index in [0.29, 0.717) is 28.1 Å². The zero-order chi connectivity index (χ0) is 16.9. The van der Waals surface area contributed by atoms with Gasteiger partial charge in [-0.05, 0) is 36.4 Å². The molecule has 0 spiro atoms. The maximum atomic E-state index is 11.9. The largest absolute Gasteiger partial charge is 0.456 e. The molecule has 1 aromatic heterocycles. The lowest BCUT2D eigenvalue weighted by molar-refractivity contribution is -0.115. The molecule has 2 aromatic carbocycles. The highest BCUT2D eigenvalue weighted by Crippen LogP contribution is 2.29. The molecular formula is C17H14ClN3O3. The van der Waals surface area contributed by atoms with E-state index >= 15 is 0 Å². The van der Waals surface area contributed by atoms with Gasteiger partial charge in [0.25, 0.3) is 0 Å². The minimum absolute atomic E-state index is 0.0265. The first kappa shape index (κ1) is 16.0. The SMILES string of the molecule is Cc1nnc(CC(=O)Nc2ccc(Oc3ccccc3Cl)cc2)o1. The van der Waals surface area contributed by atoms with Crippen LogP contribution in [0.3, 0.4) is 0 Å². The molecule has 1 N–H and O–H groups in total. The van der Waals surface area contributed by atoms with Gasteiger partial charge in [-0.25, -0.2) is 0 Å². The molecule has 0 bridgehead atoms. The number of carbonyl (C=O) groups excluding carboxylic acids is 1. The number of aryl methyl sites for hydroxylation is 1. The molecule has 0 aliphatic rings. The average Bonchev–Trinajstić information content (AvgIpc) is 2.96. The lowest BCUT2D eigenvalue weighted by atomic mass is 10.3. The van der Waals surface area contributed by atoms with Gasteiger partial charge in [0.2, 0.25) is 17.7 Å². The lowest BCUT2D eigenvalue weighted by Crippen LogP contribution is -2.14. The topological polar surface area (TPSA) is 77.2 Å². The van der Waals surface area contributed by atoms with Crippen LogP contribution in [0, 0.1) is 6.92 Å². The van der Waals surface area contributed by atoms with Gasteiger partial charge in [0.15, 0.2) is 0 Å². The van der Waals surface area contributed by atoms with Crippen LogP contribution in [0.2, 0.25) is 5.02 Å². The Morgan fingerprint density at radius 1 is 1.17 bits per heavy atom. The van der Waals surface area contributed by atoms with Gasteiger partial charge < -0.3 is 14.5 Å². The Bertz CT molecular complexity index is 846. The molecule has 0 atom stereocenters. The number of hydrogen-bond donors (Lipinski definition) is 1. The monoisotopic (exact) mass is 343 g/mol. The second-order valence-corrected chi connectivity index (χ2v) is 5.40. The summed E-state index contributed by atoms with van der Waals surface area (Å²) in [7, 11) is 0. The third kappa shape index (κ3) is 4.11. The van der Waals surface area contributed by atoms with E-state index in [0.717, 1.165) is 0 Å². The Labute approximate surface area is 143 Å². The van der Waals surface area contributed by atoms with Crippen LogP contribution in [0.25, 0.3) is 0 Å². The average molecular weight is 344 g/mol. The molecule has 0 unspecified atom stereocenters. The third-order valence-corrected chi connectivity index (χ3v) is 3.39. The first-order valence-electron chi connectivity index (χ1n) is 7.21. The highest BCUT2D eigenvalue weighted by molar-refractivity contribution is 6.32. The molecule has 7 heteroatoms. The van der Waals surface area contributed by atoms with E-state index in [9.17, 15) is 4.79 Å². The molecule has 0 saturated carbocycles. The van der Waals surface area contributed by atoms with Gasteiger partial charge >= 0.3 is 0 Å². The molecule has 0 radical (unpaired) electrons. The van der Waals surface area contributed by atoms with E-state index in [1.165, 1.54) is 0 Å². The van der Waals surface area contributed by atoms with Gasteiger partial charge in [0.05, 0.1) is 5.02 Å². The summed E-state index contributed by atoms with van der Waals surface area (Å²) in [6, 6.07) is 14.2. The van der Waals surface area contributed by atoms with Crippen LogP contribution in [0.5, 0.6) is 11.5 Å². The van der Waals surface area contributed by atoms with Crippen LogP contribution >= 0.6 is 11.6 Å². The summed E-state index contributed by atoms with van der Waals surface area (Å²) in [6.07, 6.45) is 0.0265. The van der Waals surface area contributed by atoms with Crippen molar-refractivity contribution in [2.24, 2.45) is 0 Å². The maximum absolute atomic E-state index is 11.9. The van der Waals surface area contributed by atoms with Crippen molar-refractivity contribution in [2.45, 2.75) is 13.3 Å². The van der Waals surface area contributed by atoms with E-state index in [2.05, 4.69) is 15.5 Å². The predicted molar refractivity (Wildman–Crippen MR) is 89.3 cm³/mol. The van der Waals surface area contributed by atoms with Crippen molar-refractivity contribution in [1.82, 2.24) is 10.2 Å². The fourth-order valence-corrected chi connectivity index (χ4v) is 2.19. The van der Waals surface area contributed by atoms with E-state index in [4.69, 9.17) is 20.8 Å².